The molecule has 1 heterocycles. The zero-order valence-electron chi connectivity index (χ0n) is 6.88. The van der Waals surface area contributed by atoms with Crippen molar-refractivity contribution < 1.29 is 4.74 Å². The van der Waals surface area contributed by atoms with Gasteiger partial charge in [-0.25, -0.2) is 0 Å². The van der Waals surface area contributed by atoms with Gasteiger partial charge in [0.2, 0.25) is 0 Å². The monoisotopic (exact) mass is 227 g/mol. The Morgan fingerprint density at radius 2 is 2.33 bits per heavy atom. The highest BCUT2D eigenvalue weighted by molar-refractivity contribution is 9.10. The van der Waals surface area contributed by atoms with Gasteiger partial charge in [-0.1, -0.05) is 0 Å². The summed E-state index contributed by atoms with van der Waals surface area (Å²) in [6.45, 7) is 1.96. The molecule has 0 atom stereocenters. The smallest absolute Gasteiger partial charge is 0.155 e. The predicted octanol–water partition coefficient (Wildman–Crippen LogP) is 2.69. The van der Waals surface area contributed by atoms with E-state index in [0.29, 0.717) is 6.10 Å². The van der Waals surface area contributed by atoms with Gasteiger partial charge in [0.1, 0.15) is 0 Å². The second-order valence-electron chi connectivity index (χ2n) is 3.02. The van der Waals surface area contributed by atoms with Gasteiger partial charge in [0.15, 0.2) is 5.75 Å². The molecule has 1 saturated carbocycles. The lowest BCUT2D eigenvalue weighted by atomic mass is 10.3. The molecule has 3 heteroatoms. The van der Waals surface area contributed by atoms with Crippen molar-refractivity contribution in [2.75, 3.05) is 0 Å². The summed E-state index contributed by atoms with van der Waals surface area (Å²) in [6, 6.07) is 1.91. The standard InChI is InChI=1S/C9H10BrNO/c1-6-9(12-7-2-3-7)8(10)4-5-11-6/h4-5,7H,2-3H2,1H3. The van der Waals surface area contributed by atoms with Crippen LogP contribution in [0.3, 0.4) is 0 Å². The molecule has 2 rings (SSSR count). The predicted molar refractivity (Wildman–Crippen MR) is 50.3 cm³/mol. The van der Waals surface area contributed by atoms with Crippen LogP contribution < -0.4 is 4.74 Å². The number of nitrogens with zero attached hydrogens (tertiary/aromatic N) is 1. The molecule has 0 radical (unpaired) electrons. The van der Waals surface area contributed by atoms with Crippen LogP contribution in [-0.2, 0) is 0 Å². The van der Waals surface area contributed by atoms with Crippen LogP contribution in [0.5, 0.6) is 5.75 Å². The van der Waals surface area contributed by atoms with Crippen molar-refractivity contribution in [1.29, 1.82) is 0 Å². The molecule has 1 aromatic heterocycles. The molecule has 64 valence electrons. The Labute approximate surface area is 80.1 Å². The molecule has 0 aromatic carbocycles. The number of hydrogen-bond acceptors (Lipinski definition) is 2. The fourth-order valence-electron chi connectivity index (χ4n) is 1.02. The lowest BCUT2D eigenvalue weighted by Gasteiger charge is -2.08. The van der Waals surface area contributed by atoms with E-state index in [4.69, 9.17) is 4.74 Å². The molecule has 0 N–H and O–H groups in total. The first-order valence-corrected chi connectivity index (χ1v) is 4.84. The largest absolute Gasteiger partial charge is 0.487 e. The SMILES string of the molecule is Cc1nccc(Br)c1OC1CC1. The molecule has 0 saturated heterocycles. The summed E-state index contributed by atoms with van der Waals surface area (Å²) in [5.74, 6) is 0.903. The molecule has 1 aromatic rings. The van der Waals surface area contributed by atoms with Gasteiger partial charge in [0.25, 0.3) is 0 Å². The van der Waals surface area contributed by atoms with Crippen LogP contribution in [0.25, 0.3) is 0 Å². The number of hydrogen-bond donors (Lipinski definition) is 0. The zero-order valence-corrected chi connectivity index (χ0v) is 8.47. The summed E-state index contributed by atoms with van der Waals surface area (Å²) >= 11 is 3.44. The molecular formula is C9H10BrNO. The molecule has 0 spiro atoms. The number of aryl methyl sites for hydroxylation is 1. The second kappa shape index (κ2) is 3.05. The summed E-state index contributed by atoms with van der Waals surface area (Å²) in [5, 5.41) is 0. The molecule has 1 aliphatic rings. The Morgan fingerprint density at radius 1 is 1.58 bits per heavy atom. The highest BCUT2D eigenvalue weighted by Crippen LogP contribution is 2.33. The van der Waals surface area contributed by atoms with Crippen molar-refractivity contribution in [3.8, 4) is 5.75 Å². The van der Waals surface area contributed by atoms with E-state index in [1.165, 1.54) is 12.8 Å². The van der Waals surface area contributed by atoms with E-state index in [2.05, 4.69) is 20.9 Å². The molecule has 12 heavy (non-hydrogen) atoms. The molecule has 0 aliphatic heterocycles. The number of ether oxygens (including phenoxy) is 1. The maximum Gasteiger partial charge on any atom is 0.155 e. The van der Waals surface area contributed by atoms with E-state index in [-0.39, 0.29) is 0 Å². The second-order valence-corrected chi connectivity index (χ2v) is 3.88. The molecule has 1 aliphatic carbocycles. The van der Waals surface area contributed by atoms with Crippen molar-refractivity contribution >= 4 is 15.9 Å². The van der Waals surface area contributed by atoms with E-state index in [1.54, 1.807) is 6.20 Å². The normalized spacial score (nSPS) is 16.2. The van der Waals surface area contributed by atoms with Crippen LogP contribution in [0.15, 0.2) is 16.7 Å². The molecule has 2 nitrogen and oxygen atoms in total. The van der Waals surface area contributed by atoms with Crippen molar-refractivity contribution in [2.45, 2.75) is 25.9 Å². The maximum atomic E-state index is 5.68. The van der Waals surface area contributed by atoms with Crippen LogP contribution in [0.1, 0.15) is 18.5 Å². The third-order valence-electron chi connectivity index (χ3n) is 1.84. The molecule has 1 fully saturated rings. The van der Waals surface area contributed by atoms with Gasteiger partial charge in [-0.05, 0) is 41.8 Å². The number of pyridine rings is 1. The van der Waals surface area contributed by atoms with Crippen LogP contribution >= 0.6 is 15.9 Å². The molecule has 0 unspecified atom stereocenters. The van der Waals surface area contributed by atoms with Crippen molar-refractivity contribution in [1.82, 2.24) is 4.98 Å². The average molecular weight is 228 g/mol. The quantitative estimate of drug-likeness (QED) is 0.776. The summed E-state index contributed by atoms with van der Waals surface area (Å²) < 4.78 is 6.68. The van der Waals surface area contributed by atoms with E-state index in [9.17, 15) is 0 Å². The third kappa shape index (κ3) is 1.61. The fourth-order valence-corrected chi connectivity index (χ4v) is 1.51. The van der Waals surface area contributed by atoms with Crippen LogP contribution in [0, 0.1) is 6.92 Å². The summed E-state index contributed by atoms with van der Waals surface area (Å²) in [6.07, 6.45) is 4.57. The Hall–Kier alpha value is -0.570. The average Bonchev–Trinajstić information content (AvgIpc) is 2.80. The minimum Gasteiger partial charge on any atom is -0.487 e. The van der Waals surface area contributed by atoms with Gasteiger partial charge in [-0.15, -0.1) is 0 Å². The topological polar surface area (TPSA) is 22.1 Å². The van der Waals surface area contributed by atoms with Crippen LogP contribution in [-0.4, -0.2) is 11.1 Å². The van der Waals surface area contributed by atoms with Crippen LogP contribution in [0.2, 0.25) is 0 Å². The van der Waals surface area contributed by atoms with Crippen molar-refractivity contribution in [3.63, 3.8) is 0 Å². The van der Waals surface area contributed by atoms with E-state index in [1.807, 2.05) is 13.0 Å². The highest BCUT2D eigenvalue weighted by Gasteiger charge is 2.25. The Bertz CT molecular complexity index is 276. The fraction of sp³-hybridized carbons (Fsp3) is 0.444. The first kappa shape index (κ1) is 8.05. The van der Waals surface area contributed by atoms with Gasteiger partial charge < -0.3 is 4.74 Å². The van der Waals surface area contributed by atoms with Gasteiger partial charge in [0, 0.05) is 6.20 Å². The van der Waals surface area contributed by atoms with Crippen molar-refractivity contribution in [3.05, 3.63) is 22.4 Å². The first-order chi connectivity index (χ1) is 5.77. The number of aromatic nitrogens is 1. The maximum absolute atomic E-state index is 5.68. The Kier molecular flexibility index (Phi) is 2.05. The lowest BCUT2D eigenvalue weighted by Crippen LogP contribution is -1.99. The Balaban J connectivity index is 2.26. The van der Waals surface area contributed by atoms with E-state index in [0.717, 1.165) is 15.9 Å². The lowest BCUT2D eigenvalue weighted by molar-refractivity contribution is 0.297. The van der Waals surface area contributed by atoms with Gasteiger partial charge in [0.05, 0.1) is 16.3 Å². The van der Waals surface area contributed by atoms with E-state index >= 15 is 0 Å². The van der Waals surface area contributed by atoms with E-state index < -0.39 is 0 Å². The Morgan fingerprint density at radius 3 is 2.92 bits per heavy atom. The van der Waals surface area contributed by atoms with Gasteiger partial charge in [-0.3, -0.25) is 4.98 Å². The number of rotatable bonds is 2. The highest BCUT2D eigenvalue weighted by atomic mass is 79.9. The molecule has 0 bridgehead atoms. The minimum absolute atomic E-state index is 0.434. The van der Waals surface area contributed by atoms with Gasteiger partial charge in [-0.2, -0.15) is 0 Å². The van der Waals surface area contributed by atoms with Crippen molar-refractivity contribution in [2.24, 2.45) is 0 Å². The van der Waals surface area contributed by atoms with Gasteiger partial charge >= 0.3 is 0 Å². The summed E-state index contributed by atoms with van der Waals surface area (Å²) in [5.41, 5.74) is 0.955. The molecule has 0 amide bonds. The zero-order chi connectivity index (χ0) is 8.55. The van der Waals surface area contributed by atoms with Crippen LogP contribution in [0.4, 0.5) is 0 Å². The first-order valence-electron chi connectivity index (χ1n) is 4.05. The third-order valence-corrected chi connectivity index (χ3v) is 2.47. The summed E-state index contributed by atoms with van der Waals surface area (Å²) in [4.78, 5) is 4.17. The minimum atomic E-state index is 0.434. The summed E-state index contributed by atoms with van der Waals surface area (Å²) in [7, 11) is 0. The molecular weight excluding hydrogens is 218 g/mol. The number of halogens is 1.